The predicted molar refractivity (Wildman–Crippen MR) is 164 cm³/mol. The molecule has 1 heteroatoms. The van der Waals surface area contributed by atoms with E-state index in [1.807, 2.05) is 18.2 Å². The number of para-hydroxylation sites is 1. The maximum absolute atomic E-state index is 4.47. The minimum Gasteiger partial charge on any atom is -0.315 e. The molecule has 0 atom stereocenters. The van der Waals surface area contributed by atoms with Crippen molar-refractivity contribution >= 4 is 11.4 Å². The summed E-state index contributed by atoms with van der Waals surface area (Å²) in [4.78, 5) is 2.23. The monoisotopic (exact) mass is 485 g/mol. The average Bonchev–Trinajstić information content (AvgIpc) is 2.94. The molecule has 0 N–H and O–H groups in total. The molecular weight excluding hydrogens is 446 g/mol. The maximum Gasteiger partial charge on any atom is 0.0458 e. The van der Waals surface area contributed by atoms with E-state index in [0.29, 0.717) is 0 Å². The smallest absolute Gasteiger partial charge is 0.0458 e. The van der Waals surface area contributed by atoms with Gasteiger partial charge in [0.1, 0.15) is 0 Å². The third kappa shape index (κ3) is 7.95. The first-order valence-electron chi connectivity index (χ1n) is 12.9. The fraction of sp³-hybridized carbons (Fsp3) is 0.167. The van der Waals surface area contributed by atoms with Gasteiger partial charge in [0.2, 0.25) is 0 Å². The van der Waals surface area contributed by atoms with Crippen LogP contribution >= 0.6 is 0 Å². The number of allylic oxidation sites excluding steroid dienone is 6. The van der Waals surface area contributed by atoms with E-state index in [1.54, 1.807) is 0 Å². The normalized spacial score (nSPS) is 10.4. The first-order chi connectivity index (χ1) is 17.9. The van der Waals surface area contributed by atoms with E-state index in [0.717, 1.165) is 77.9 Å². The lowest BCUT2D eigenvalue weighted by Crippen LogP contribution is -2.15. The Morgan fingerprint density at radius 1 is 0.514 bits per heavy atom. The summed E-state index contributed by atoms with van der Waals surface area (Å²) < 4.78 is 0. The minimum atomic E-state index is 0.792. The molecule has 0 saturated carbocycles. The van der Waals surface area contributed by atoms with Gasteiger partial charge in [-0.2, -0.15) is 0 Å². The molecule has 0 aliphatic rings. The largest absolute Gasteiger partial charge is 0.315 e. The Kier molecular flexibility index (Phi) is 10.3. The van der Waals surface area contributed by atoms with Crippen molar-refractivity contribution < 1.29 is 0 Å². The van der Waals surface area contributed by atoms with Gasteiger partial charge in [0.25, 0.3) is 0 Å². The fourth-order valence-corrected chi connectivity index (χ4v) is 4.22. The summed E-state index contributed by atoms with van der Waals surface area (Å²) >= 11 is 0. The summed E-state index contributed by atoms with van der Waals surface area (Å²) in [5.41, 5.74) is 9.95. The van der Waals surface area contributed by atoms with E-state index < -0.39 is 0 Å². The number of hydrogen-bond acceptors (Lipinski definition) is 1. The molecule has 0 spiro atoms. The van der Waals surface area contributed by atoms with Crippen LogP contribution in [0.4, 0.5) is 11.4 Å². The van der Waals surface area contributed by atoms with Gasteiger partial charge in [-0.25, -0.2) is 0 Å². The highest BCUT2D eigenvalue weighted by Crippen LogP contribution is 2.34. The van der Waals surface area contributed by atoms with Crippen LogP contribution < -0.4 is 4.90 Å². The van der Waals surface area contributed by atoms with Crippen LogP contribution in [0.2, 0.25) is 0 Å². The molecule has 3 rings (SSSR count). The number of hydrogen-bond donors (Lipinski definition) is 0. The molecule has 188 valence electrons. The van der Waals surface area contributed by atoms with Crippen molar-refractivity contribution in [1.29, 1.82) is 0 Å². The Bertz CT molecular complexity index is 1240. The lowest BCUT2D eigenvalue weighted by atomic mass is 9.94. The molecule has 0 aliphatic heterocycles. The molecule has 0 fully saturated rings. The van der Waals surface area contributed by atoms with Crippen LogP contribution in [0.1, 0.15) is 38.5 Å². The first kappa shape index (κ1) is 27.5. The van der Waals surface area contributed by atoms with Gasteiger partial charge < -0.3 is 4.90 Å². The van der Waals surface area contributed by atoms with Crippen LogP contribution in [0, 0.1) is 0 Å². The molecule has 0 amide bonds. The number of rotatable bonds is 15. The highest BCUT2D eigenvalue weighted by molar-refractivity contribution is 5.72. The highest BCUT2D eigenvalue weighted by Gasteiger charge is 2.14. The van der Waals surface area contributed by atoms with Crippen LogP contribution in [-0.2, 0) is 0 Å². The van der Waals surface area contributed by atoms with E-state index in [1.165, 1.54) is 11.1 Å². The van der Waals surface area contributed by atoms with Gasteiger partial charge in [-0.05, 0) is 73.9 Å². The van der Waals surface area contributed by atoms with Crippen LogP contribution in [0.3, 0.4) is 0 Å². The second-order valence-electron chi connectivity index (χ2n) is 9.39. The number of benzene rings is 3. The molecule has 0 aromatic heterocycles. The van der Waals surface area contributed by atoms with Gasteiger partial charge in [-0.15, -0.1) is 6.58 Å². The summed E-state index contributed by atoms with van der Waals surface area (Å²) in [5, 5.41) is 0. The summed E-state index contributed by atoms with van der Waals surface area (Å²) in [5.74, 6) is 0. The molecule has 0 bridgehead atoms. The lowest BCUT2D eigenvalue weighted by molar-refractivity contribution is 0.859. The van der Waals surface area contributed by atoms with E-state index in [4.69, 9.17) is 0 Å². The van der Waals surface area contributed by atoms with E-state index >= 15 is 0 Å². The Labute approximate surface area is 224 Å². The lowest BCUT2D eigenvalue weighted by Gasteiger charge is -2.28. The Morgan fingerprint density at radius 2 is 0.946 bits per heavy atom. The molecule has 0 radical (unpaired) electrons. The van der Waals surface area contributed by atoms with Gasteiger partial charge >= 0.3 is 0 Å². The summed E-state index contributed by atoms with van der Waals surface area (Å²) in [6.45, 7) is 25.2. The van der Waals surface area contributed by atoms with Crippen molar-refractivity contribution in [3.05, 3.63) is 158 Å². The van der Waals surface area contributed by atoms with Crippen molar-refractivity contribution in [1.82, 2.24) is 0 Å². The SMILES string of the molecule is C=CCCC(=C)C(=C)CCC(=C)C(=C)CCC(=C)N(c1ccccc1)c1ccc(-c2ccccc2)cc1. The van der Waals surface area contributed by atoms with E-state index in [-0.39, 0.29) is 0 Å². The average molecular weight is 486 g/mol. The zero-order chi connectivity index (χ0) is 26.6. The van der Waals surface area contributed by atoms with Gasteiger partial charge in [-0.3, -0.25) is 0 Å². The Hall–Kier alpha value is -4.10. The summed E-state index contributed by atoms with van der Waals surface area (Å²) in [7, 11) is 0. The zero-order valence-electron chi connectivity index (χ0n) is 22.1. The van der Waals surface area contributed by atoms with Crippen molar-refractivity contribution in [2.45, 2.75) is 38.5 Å². The molecule has 3 aromatic rings. The van der Waals surface area contributed by atoms with Crippen LogP contribution in [0.5, 0.6) is 0 Å². The topological polar surface area (TPSA) is 3.24 Å². The second kappa shape index (κ2) is 13.8. The van der Waals surface area contributed by atoms with Crippen molar-refractivity contribution in [3.63, 3.8) is 0 Å². The van der Waals surface area contributed by atoms with E-state index in [2.05, 4.69) is 117 Å². The van der Waals surface area contributed by atoms with Crippen LogP contribution in [0.25, 0.3) is 11.1 Å². The van der Waals surface area contributed by atoms with Gasteiger partial charge in [-0.1, -0.05) is 122 Å². The van der Waals surface area contributed by atoms with Crippen molar-refractivity contribution in [2.75, 3.05) is 4.90 Å². The van der Waals surface area contributed by atoms with Gasteiger partial charge in [0, 0.05) is 17.1 Å². The van der Waals surface area contributed by atoms with Crippen molar-refractivity contribution in [3.8, 4) is 11.1 Å². The predicted octanol–water partition coefficient (Wildman–Crippen LogP) is 10.8. The summed E-state index contributed by atoms with van der Waals surface area (Å²) in [6.07, 6.45) is 7.08. The fourth-order valence-electron chi connectivity index (χ4n) is 4.22. The van der Waals surface area contributed by atoms with Crippen LogP contribution in [0.15, 0.2) is 158 Å². The number of anilines is 2. The third-order valence-corrected chi connectivity index (χ3v) is 6.66. The molecule has 0 unspecified atom stereocenters. The molecule has 3 aromatic carbocycles. The molecule has 0 aliphatic carbocycles. The van der Waals surface area contributed by atoms with Crippen LogP contribution in [-0.4, -0.2) is 0 Å². The molecule has 0 heterocycles. The molecule has 37 heavy (non-hydrogen) atoms. The molecular formula is C36H39N. The number of nitrogens with zero attached hydrogens (tertiary/aromatic N) is 1. The van der Waals surface area contributed by atoms with Crippen molar-refractivity contribution in [2.24, 2.45) is 0 Å². The van der Waals surface area contributed by atoms with Gasteiger partial charge in [0.15, 0.2) is 0 Å². The highest BCUT2D eigenvalue weighted by atomic mass is 15.1. The third-order valence-electron chi connectivity index (χ3n) is 6.66. The zero-order valence-corrected chi connectivity index (χ0v) is 22.1. The Balaban J connectivity index is 1.65. The van der Waals surface area contributed by atoms with E-state index in [9.17, 15) is 0 Å². The second-order valence-corrected chi connectivity index (χ2v) is 9.39. The standard InChI is InChI=1S/C36H39N/c1-7-8-15-28(2)29(3)20-21-30(4)31(5)22-23-32(6)37(35-18-13-10-14-19-35)36-26-24-34(25-27-36)33-16-11-9-12-17-33/h7,9-14,16-19,24-27H,1-6,8,15,20-23H2. The van der Waals surface area contributed by atoms with Gasteiger partial charge in [0.05, 0.1) is 0 Å². The minimum absolute atomic E-state index is 0.792. The Morgan fingerprint density at radius 3 is 1.49 bits per heavy atom. The molecule has 1 nitrogen and oxygen atoms in total. The first-order valence-corrected chi connectivity index (χ1v) is 12.9. The molecule has 0 saturated heterocycles. The summed E-state index contributed by atoms with van der Waals surface area (Å²) in [6, 6.07) is 29.5. The quantitative estimate of drug-likeness (QED) is 0.153. The maximum atomic E-state index is 4.47.